The predicted octanol–water partition coefficient (Wildman–Crippen LogP) is 4.34. The first kappa shape index (κ1) is 12.7. The Kier molecular flexibility index (Phi) is 4.72. The van der Waals surface area contributed by atoms with Gasteiger partial charge in [-0.25, -0.2) is 0 Å². The normalized spacial score (nSPS) is 14.0. The molecular formula is C14H22O2S. The van der Waals surface area contributed by atoms with E-state index < -0.39 is 0 Å². The molecule has 0 saturated heterocycles. The quantitative estimate of drug-likeness (QED) is 0.703. The second kappa shape index (κ2) is 6.29. The Balaban J connectivity index is 1.88. The molecule has 0 N–H and O–H groups in total. The largest absolute Gasteiger partial charge is 0.485 e. The summed E-state index contributed by atoms with van der Waals surface area (Å²) in [5.74, 6) is 2.04. The molecule has 0 unspecified atom stereocenters. The maximum absolute atomic E-state index is 5.74. The SMILES string of the molecule is CCCCCCCc1sc(C)c2c1OCCO2. The number of hydrogen-bond donors (Lipinski definition) is 0. The van der Waals surface area contributed by atoms with Crippen molar-refractivity contribution in [3.63, 3.8) is 0 Å². The molecular weight excluding hydrogens is 232 g/mol. The van der Waals surface area contributed by atoms with Crippen molar-refractivity contribution in [3.8, 4) is 11.5 Å². The summed E-state index contributed by atoms with van der Waals surface area (Å²) in [7, 11) is 0. The van der Waals surface area contributed by atoms with Gasteiger partial charge in [0.25, 0.3) is 0 Å². The Hall–Kier alpha value is -0.700. The topological polar surface area (TPSA) is 18.5 Å². The highest BCUT2D eigenvalue weighted by Crippen LogP contribution is 2.44. The van der Waals surface area contributed by atoms with Gasteiger partial charge in [-0.1, -0.05) is 32.6 Å². The summed E-state index contributed by atoms with van der Waals surface area (Å²) in [5, 5.41) is 0. The maximum atomic E-state index is 5.74. The predicted molar refractivity (Wildman–Crippen MR) is 72.5 cm³/mol. The van der Waals surface area contributed by atoms with Crippen molar-refractivity contribution in [1.82, 2.24) is 0 Å². The molecule has 2 nitrogen and oxygen atoms in total. The van der Waals surface area contributed by atoms with E-state index in [0.29, 0.717) is 13.2 Å². The summed E-state index contributed by atoms with van der Waals surface area (Å²) in [6, 6.07) is 0. The molecule has 2 heterocycles. The summed E-state index contributed by atoms with van der Waals surface area (Å²) in [4.78, 5) is 2.65. The van der Waals surface area contributed by atoms with Crippen LogP contribution in [0.25, 0.3) is 0 Å². The van der Waals surface area contributed by atoms with Crippen molar-refractivity contribution in [2.75, 3.05) is 13.2 Å². The first-order valence-corrected chi connectivity index (χ1v) is 7.52. The molecule has 0 atom stereocenters. The van der Waals surface area contributed by atoms with Crippen LogP contribution >= 0.6 is 11.3 Å². The molecule has 2 rings (SSSR count). The van der Waals surface area contributed by atoms with Gasteiger partial charge in [-0.15, -0.1) is 11.3 Å². The van der Waals surface area contributed by atoms with Gasteiger partial charge >= 0.3 is 0 Å². The van der Waals surface area contributed by atoms with Crippen LogP contribution in [0.15, 0.2) is 0 Å². The van der Waals surface area contributed by atoms with Crippen LogP contribution in [0.5, 0.6) is 11.5 Å². The molecule has 0 bridgehead atoms. The lowest BCUT2D eigenvalue weighted by Gasteiger charge is -2.16. The van der Waals surface area contributed by atoms with Crippen LogP contribution in [0.4, 0.5) is 0 Å². The van der Waals surface area contributed by atoms with Crippen molar-refractivity contribution >= 4 is 11.3 Å². The lowest BCUT2D eigenvalue weighted by molar-refractivity contribution is 0.171. The van der Waals surface area contributed by atoms with Gasteiger partial charge in [-0.2, -0.15) is 0 Å². The zero-order valence-corrected chi connectivity index (χ0v) is 11.7. The van der Waals surface area contributed by atoms with Gasteiger partial charge < -0.3 is 9.47 Å². The molecule has 0 spiro atoms. The lowest BCUT2D eigenvalue weighted by Crippen LogP contribution is -2.15. The zero-order chi connectivity index (χ0) is 12.1. The molecule has 1 aliphatic rings. The number of fused-ring (bicyclic) bond motifs is 1. The van der Waals surface area contributed by atoms with E-state index in [1.165, 1.54) is 41.9 Å². The minimum Gasteiger partial charge on any atom is -0.485 e. The van der Waals surface area contributed by atoms with E-state index in [0.717, 1.165) is 17.9 Å². The van der Waals surface area contributed by atoms with Crippen LogP contribution in [0, 0.1) is 6.92 Å². The van der Waals surface area contributed by atoms with E-state index in [1.807, 2.05) is 11.3 Å². The molecule has 0 radical (unpaired) electrons. The standard InChI is InChI=1S/C14H22O2S/c1-3-4-5-6-7-8-12-14-13(11(2)17-12)15-9-10-16-14/h3-10H2,1-2H3. The Morgan fingerprint density at radius 1 is 1.00 bits per heavy atom. The molecule has 0 amide bonds. The summed E-state index contributed by atoms with van der Waals surface area (Å²) in [6.45, 7) is 5.77. The van der Waals surface area contributed by atoms with Crippen LogP contribution in [0.2, 0.25) is 0 Å². The fourth-order valence-electron chi connectivity index (χ4n) is 2.22. The van der Waals surface area contributed by atoms with E-state index in [4.69, 9.17) is 9.47 Å². The van der Waals surface area contributed by atoms with E-state index in [1.54, 1.807) is 0 Å². The van der Waals surface area contributed by atoms with Gasteiger partial charge in [0.2, 0.25) is 0 Å². The second-order valence-electron chi connectivity index (χ2n) is 4.60. The fourth-order valence-corrected chi connectivity index (χ4v) is 3.32. The van der Waals surface area contributed by atoms with E-state index >= 15 is 0 Å². The first-order valence-electron chi connectivity index (χ1n) is 6.70. The number of unbranched alkanes of at least 4 members (excludes halogenated alkanes) is 4. The van der Waals surface area contributed by atoms with Crippen LogP contribution in [-0.4, -0.2) is 13.2 Å². The number of aryl methyl sites for hydroxylation is 2. The highest BCUT2D eigenvalue weighted by molar-refractivity contribution is 7.12. The van der Waals surface area contributed by atoms with Gasteiger partial charge in [0.1, 0.15) is 13.2 Å². The molecule has 0 saturated carbocycles. The number of ether oxygens (including phenoxy) is 2. The molecule has 17 heavy (non-hydrogen) atoms. The van der Waals surface area contributed by atoms with Gasteiger partial charge in [0, 0.05) is 4.88 Å². The minimum absolute atomic E-state index is 0.695. The van der Waals surface area contributed by atoms with E-state index in [2.05, 4.69) is 13.8 Å². The Labute approximate surface area is 108 Å². The molecule has 1 aromatic heterocycles. The summed E-state index contributed by atoms with van der Waals surface area (Å²) in [6.07, 6.45) is 7.79. The van der Waals surface area contributed by atoms with Gasteiger partial charge in [-0.3, -0.25) is 0 Å². The summed E-state index contributed by atoms with van der Waals surface area (Å²) < 4.78 is 11.4. The van der Waals surface area contributed by atoms with Crippen LogP contribution in [-0.2, 0) is 6.42 Å². The monoisotopic (exact) mass is 254 g/mol. The fraction of sp³-hybridized carbons (Fsp3) is 0.714. The Morgan fingerprint density at radius 3 is 2.47 bits per heavy atom. The van der Waals surface area contributed by atoms with Crippen molar-refractivity contribution in [3.05, 3.63) is 9.75 Å². The Bertz CT molecular complexity index is 357. The third-order valence-electron chi connectivity index (χ3n) is 3.14. The summed E-state index contributed by atoms with van der Waals surface area (Å²) in [5.41, 5.74) is 0. The van der Waals surface area contributed by atoms with Gasteiger partial charge in [0.15, 0.2) is 11.5 Å². The van der Waals surface area contributed by atoms with Gasteiger partial charge in [0.05, 0.1) is 4.88 Å². The molecule has 96 valence electrons. The van der Waals surface area contributed by atoms with E-state index in [9.17, 15) is 0 Å². The molecule has 3 heteroatoms. The zero-order valence-electron chi connectivity index (χ0n) is 10.9. The number of hydrogen-bond acceptors (Lipinski definition) is 3. The number of rotatable bonds is 6. The van der Waals surface area contributed by atoms with Crippen LogP contribution < -0.4 is 9.47 Å². The highest BCUT2D eigenvalue weighted by Gasteiger charge is 2.21. The molecule has 0 aliphatic carbocycles. The third kappa shape index (κ3) is 3.15. The van der Waals surface area contributed by atoms with Crippen molar-refractivity contribution in [2.24, 2.45) is 0 Å². The van der Waals surface area contributed by atoms with E-state index in [-0.39, 0.29) is 0 Å². The minimum atomic E-state index is 0.695. The second-order valence-corrected chi connectivity index (χ2v) is 5.91. The molecule has 1 aromatic rings. The lowest BCUT2D eigenvalue weighted by atomic mass is 10.1. The average molecular weight is 254 g/mol. The first-order chi connectivity index (χ1) is 8.33. The number of thiophene rings is 1. The van der Waals surface area contributed by atoms with Gasteiger partial charge in [-0.05, 0) is 19.8 Å². The Morgan fingerprint density at radius 2 is 1.71 bits per heavy atom. The molecule has 0 fully saturated rings. The average Bonchev–Trinajstić information content (AvgIpc) is 2.67. The van der Waals surface area contributed by atoms with Crippen molar-refractivity contribution in [2.45, 2.75) is 52.4 Å². The van der Waals surface area contributed by atoms with Crippen LogP contribution in [0.3, 0.4) is 0 Å². The van der Waals surface area contributed by atoms with Crippen molar-refractivity contribution in [1.29, 1.82) is 0 Å². The molecule has 0 aromatic carbocycles. The molecule has 1 aliphatic heterocycles. The smallest absolute Gasteiger partial charge is 0.175 e. The highest BCUT2D eigenvalue weighted by atomic mass is 32.1. The maximum Gasteiger partial charge on any atom is 0.175 e. The van der Waals surface area contributed by atoms with Crippen LogP contribution in [0.1, 0.15) is 48.8 Å². The van der Waals surface area contributed by atoms with Crippen molar-refractivity contribution < 1.29 is 9.47 Å². The summed E-state index contributed by atoms with van der Waals surface area (Å²) >= 11 is 1.84. The third-order valence-corrected chi connectivity index (χ3v) is 4.27.